The standard InChI is InChI=1S/C7H7FN4/c8-7-5-1-4(10-3-11-5)2-6(9)12-7/h2-3H,1H2,(H2,9,12)(H,10,11). The van der Waals surface area contributed by atoms with E-state index in [1.54, 1.807) is 6.08 Å². The molecule has 0 saturated carbocycles. The number of hydrogen-bond donors (Lipinski definition) is 2. The minimum atomic E-state index is -0.600. The van der Waals surface area contributed by atoms with Gasteiger partial charge in [-0.3, -0.25) is 0 Å². The Labute approximate surface area is 68.4 Å². The van der Waals surface area contributed by atoms with Crippen molar-refractivity contribution in [3.63, 3.8) is 0 Å². The van der Waals surface area contributed by atoms with E-state index in [4.69, 9.17) is 5.73 Å². The molecule has 0 atom stereocenters. The molecule has 2 aliphatic heterocycles. The molecule has 0 saturated heterocycles. The van der Waals surface area contributed by atoms with Crippen molar-refractivity contribution in [2.45, 2.75) is 6.42 Å². The molecule has 0 fully saturated rings. The van der Waals surface area contributed by atoms with Crippen LogP contribution in [0.5, 0.6) is 0 Å². The molecule has 3 N–H and O–H groups in total. The first-order chi connectivity index (χ1) is 5.75. The molecule has 5 heteroatoms. The van der Waals surface area contributed by atoms with E-state index in [1.807, 2.05) is 0 Å². The highest BCUT2D eigenvalue weighted by atomic mass is 19.1. The fraction of sp³-hybridized carbons (Fsp3) is 0.143. The van der Waals surface area contributed by atoms with Crippen LogP contribution in [0.4, 0.5) is 4.39 Å². The normalized spacial score (nSPS) is 21.1. The van der Waals surface area contributed by atoms with E-state index in [2.05, 4.69) is 15.3 Å². The van der Waals surface area contributed by atoms with Crippen molar-refractivity contribution in [3.8, 4) is 0 Å². The number of aliphatic imine (C=N–C) groups is 2. The molecule has 0 radical (unpaired) electrons. The Morgan fingerprint density at radius 1 is 1.58 bits per heavy atom. The van der Waals surface area contributed by atoms with Crippen LogP contribution >= 0.6 is 0 Å². The molecular weight excluding hydrogens is 159 g/mol. The summed E-state index contributed by atoms with van der Waals surface area (Å²) in [6.45, 7) is 0. The van der Waals surface area contributed by atoms with E-state index in [1.165, 1.54) is 6.34 Å². The molecule has 0 amide bonds. The van der Waals surface area contributed by atoms with Crippen LogP contribution in [0.3, 0.4) is 0 Å². The fourth-order valence-corrected chi connectivity index (χ4v) is 1.08. The number of rotatable bonds is 0. The van der Waals surface area contributed by atoms with Crippen LogP contribution in [0.15, 0.2) is 33.4 Å². The molecule has 2 bridgehead atoms. The second-order valence-corrected chi connectivity index (χ2v) is 2.52. The van der Waals surface area contributed by atoms with E-state index < -0.39 is 5.95 Å². The van der Waals surface area contributed by atoms with Crippen LogP contribution in [0, 0.1) is 0 Å². The van der Waals surface area contributed by atoms with Crippen LogP contribution in [-0.2, 0) is 0 Å². The fourth-order valence-electron chi connectivity index (χ4n) is 1.08. The van der Waals surface area contributed by atoms with Crippen LogP contribution in [0.25, 0.3) is 0 Å². The molecule has 0 aromatic carbocycles. The SMILES string of the molecule is NC1=NC(F)=C2CC(=C1)NC=N2. The van der Waals surface area contributed by atoms with E-state index in [0.29, 0.717) is 12.1 Å². The van der Waals surface area contributed by atoms with Gasteiger partial charge in [0.15, 0.2) is 0 Å². The Kier molecular flexibility index (Phi) is 1.43. The predicted octanol–water partition coefficient (Wildman–Crippen LogP) is 0.401. The van der Waals surface area contributed by atoms with Crippen molar-refractivity contribution < 1.29 is 4.39 Å². The number of halogens is 1. The number of hydrogen-bond acceptors (Lipinski definition) is 4. The molecule has 0 aromatic rings. The molecule has 62 valence electrons. The minimum Gasteiger partial charge on any atom is -0.384 e. The summed E-state index contributed by atoms with van der Waals surface area (Å²) >= 11 is 0. The van der Waals surface area contributed by atoms with Crippen molar-refractivity contribution in [3.05, 3.63) is 23.4 Å². The van der Waals surface area contributed by atoms with Gasteiger partial charge in [-0.2, -0.15) is 4.39 Å². The molecule has 12 heavy (non-hydrogen) atoms. The van der Waals surface area contributed by atoms with Crippen molar-refractivity contribution in [1.29, 1.82) is 0 Å². The highest BCUT2D eigenvalue weighted by molar-refractivity contribution is 5.93. The highest BCUT2D eigenvalue weighted by Gasteiger charge is 2.14. The van der Waals surface area contributed by atoms with Crippen molar-refractivity contribution in [1.82, 2.24) is 5.32 Å². The van der Waals surface area contributed by atoms with Gasteiger partial charge in [0.25, 0.3) is 0 Å². The lowest BCUT2D eigenvalue weighted by molar-refractivity contribution is 0.607. The summed E-state index contributed by atoms with van der Waals surface area (Å²) in [6, 6.07) is 0. The second kappa shape index (κ2) is 2.44. The zero-order chi connectivity index (χ0) is 8.55. The zero-order valence-electron chi connectivity index (χ0n) is 6.21. The van der Waals surface area contributed by atoms with E-state index in [0.717, 1.165) is 5.70 Å². The second-order valence-electron chi connectivity index (χ2n) is 2.52. The zero-order valence-corrected chi connectivity index (χ0v) is 6.21. The number of nitrogens with one attached hydrogen (secondary N) is 1. The van der Waals surface area contributed by atoms with Gasteiger partial charge in [0.2, 0.25) is 5.95 Å². The van der Waals surface area contributed by atoms with Gasteiger partial charge in [-0.15, -0.1) is 0 Å². The lowest BCUT2D eigenvalue weighted by Gasteiger charge is -2.10. The molecular formula is C7H7FN4. The molecule has 0 aliphatic carbocycles. The maximum absolute atomic E-state index is 13.0. The van der Waals surface area contributed by atoms with Crippen LogP contribution < -0.4 is 11.1 Å². The van der Waals surface area contributed by atoms with Gasteiger partial charge in [-0.25, -0.2) is 9.98 Å². The van der Waals surface area contributed by atoms with Crippen LogP contribution in [0.2, 0.25) is 0 Å². The first-order valence-corrected chi connectivity index (χ1v) is 3.48. The number of nitrogens with zero attached hydrogens (tertiary/aromatic N) is 2. The highest BCUT2D eigenvalue weighted by Crippen LogP contribution is 2.21. The minimum absolute atomic E-state index is 0.163. The van der Waals surface area contributed by atoms with Gasteiger partial charge in [0.05, 0.1) is 6.34 Å². The summed E-state index contributed by atoms with van der Waals surface area (Å²) in [5.74, 6) is -0.438. The quantitative estimate of drug-likeness (QED) is 0.512. The predicted molar refractivity (Wildman–Crippen MR) is 44.1 cm³/mol. The summed E-state index contributed by atoms with van der Waals surface area (Å²) in [7, 11) is 0. The molecule has 4 nitrogen and oxygen atoms in total. The average molecular weight is 166 g/mol. The molecule has 0 aromatic heterocycles. The Hall–Kier alpha value is -1.65. The summed E-state index contributed by atoms with van der Waals surface area (Å²) in [6.07, 6.45) is 3.45. The largest absolute Gasteiger partial charge is 0.384 e. The first kappa shape index (κ1) is 7.02. The first-order valence-electron chi connectivity index (χ1n) is 3.48. The lowest BCUT2D eigenvalue weighted by Crippen LogP contribution is -2.17. The third-order valence-corrected chi connectivity index (χ3v) is 1.62. The molecule has 2 heterocycles. The number of amidine groups is 1. The van der Waals surface area contributed by atoms with E-state index in [9.17, 15) is 4.39 Å². The summed E-state index contributed by atoms with van der Waals surface area (Å²) < 4.78 is 13.0. The lowest BCUT2D eigenvalue weighted by atomic mass is 10.2. The molecule has 0 spiro atoms. The Bertz CT molecular complexity index is 337. The number of nitrogens with two attached hydrogens (primary N) is 1. The summed E-state index contributed by atoms with van der Waals surface area (Å²) in [4.78, 5) is 7.29. The van der Waals surface area contributed by atoms with Gasteiger partial charge in [0.1, 0.15) is 11.5 Å². The smallest absolute Gasteiger partial charge is 0.236 e. The van der Waals surface area contributed by atoms with Gasteiger partial charge < -0.3 is 11.1 Å². The van der Waals surface area contributed by atoms with E-state index in [-0.39, 0.29) is 5.84 Å². The third-order valence-electron chi connectivity index (χ3n) is 1.62. The van der Waals surface area contributed by atoms with Crippen molar-refractivity contribution in [2.24, 2.45) is 15.7 Å². The van der Waals surface area contributed by atoms with Crippen molar-refractivity contribution in [2.75, 3.05) is 0 Å². The van der Waals surface area contributed by atoms with Gasteiger partial charge in [-0.05, 0) is 0 Å². The Balaban J connectivity index is 2.53. The molecule has 0 unspecified atom stereocenters. The van der Waals surface area contributed by atoms with Gasteiger partial charge in [0, 0.05) is 18.2 Å². The third kappa shape index (κ3) is 1.09. The van der Waals surface area contributed by atoms with Crippen LogP contribution in [-0.4, -0.2) is 12.2 Å². The van der Waals surface area contributed by atoms with Crippen molar-refractivity contribution >= 4 is 12.2 Å². The Morgan fingerprint density at radius 3 is 3.25 bits per heavy atom. The topological polar surface area (TPSA) is 62.8 Å². The molecule has 2 rings (SSSR count). The Morgan fingerprint density at radius 2 is 2.42 bits per heavy atom. The summed E-state index contributed by atoms with van der Waals surface area (Å²) in [5, 5.41) is 2.85. The molecule has 2 aliphatic rings. The van der Waals surface area contributed by atoms with Crippen LogP contribution in [0.1, 0.15) is 6.42 Å². The van der Waals surface area contributed by atoms with Gasteiger partial charge >= 0.3 is 0 Å². The summed E-state index contributed by atoms with van der Waals surface area (Å²) in [5.41, 5.74) is 6.52. The maximum Gasteiger partial charge on any atom is 0.236 e. The maximum atomic E-state index is 13.0. The van der Waals surface area contributed by atoms with Gasteiger partial charge in [-0.1, -0.05) is 0 Å². The number of fused-ring (bicyclic) bond motifs is 2. The average Bonchev–Trinajstić information content (AvgIpc) is 2.11. The van der Waals surface area contributed by atoms with E-state index >= 15 is 0 Å². The monoisotopic (exact) mass is 166 g/mol.